The van der Waals surface area contributed by atoms with Gasteiger partial charge in [-0.1, -0.05) is 36.8 Å². The molecule has 18 heavy (non-hydrogen) atoms. The van der Waals surface area contributed by atoms with Crippen molar-refractivity contribution >= 4 is 11.8 Å². The Kier molecular flexibility index (Phi) is 2.69. The monoisotopic (exact) mass is 243 g/mol. The summed E-state index contributed by atoms with van der Waals surface area (Å²) in [6.45, 7) is 0. The van der Waals surface area contributed by atoms with Crippen LogP contribution in [0.3, 0.4) is 0 Å². The normalized spacial score (nSPS) is 25.7. The Morgan fingerprint density at radius 1 is 1.17 bits per heavy atom. The fourth-order valence-corrected chi connectivity index (χ4v) is 3.30. The third-order valence-electron chi connectivity index (χ3n) is 4.46. The third kappa shape index (κ3) is 1.84. The van der Waals surface area contributed by atoms with E-state index in [1.807, 2.05) is 18.2 Å². The molecule has 2 amide bonds. The molecule has 1 unspecified atom stereocenters. The van der Waals surface area contributed by atoms with Crippen LogP contribution in [0.25, 0.3) is 0 Å². The molecule has 3 rings (SSSR count). The van der Waals surface area contributed by atoms with Crippen molar-refractivity contribution in [3.05, 3.63) is 35.9 Å². The second-order valence-electron chi connectivity index (χ2n) is 5.55. The van der Waals surface area contributed by atoms with Gasteiger partial charge in [0.25, 0.3) is 0 Å². The van der Waals surface area contributed by atoms with Gasteiger partial charge in [0.2, 0.25) is 11.8 Å². The Morgan fingerprint density at radius 2 is 1.89 bits per heavy atom. The van der Waals surface area contributed by atoms with E-state index in [1.165, 1.54) is 5.56 Å². The number of benzene rings is 1. The van der Waals surface area contributed by atoms with Crippen LogP contribution in [0.1, 0.15) is 31.2 Å². The second-order valence-corrected chi connectivity index (χ2v) is 5.55. The summed E-state index contributed by atoms with van der Waals surface area (Å²) in [5, 5.41) is 2.50. The van der Waals surface area contributed by atoms with E-state index in [-0.39, 0.29) is 23.1 Å². The van der Waals surface area contributed by atoms with Gasteiger partial charge in [-0.15, -0.1) is 0 Å². The van der Waals surface area contributed by atoms with Crippen LogP contribution in [0.4, 0.5) is 0 Å². The maximum absolute atomic E-state index is 12.1. The molecule has 3 heteroatoms. The minimum absolute atomic E-state index is 0.0358. The highest BCUT2D eigenvalue weighted by atomic mass is 16.2. The van der Waals surface area contributed by atoms with E-state index in [2.05, 4.69) is 17.4 Å². The quantitative estimate of drug-likeness (QED) is 0.808. The van der Waals surface area contributed by atoms with E-state index >= 15 is 0 Å². The van der Waals surface area contributed by atoms with Gasteiger partial charge in [-0.2, -0.15) is 0 Å². The molecule has 1 aliphatic carbocycles. The minimum Gasteiger partial charge on any atom is -0.296 e. The van der Waals surface area contributed by atoms with Crippen molar-refractivity contribution in [2.45, 2.75) is 32.1 Å². The van der Waals surface area contributed by atoms with E-state index in [0.717, 1.165) is 25.7 Å². The highest BCUT2D eigenvalue weighted by Gasteiger charge is 2.51. The van der Waals surface area contributed by atoms with Gasteiger partial charge in [0, 0.05) is 12.3 Å². The van der Waals surface area contributed by atoms with E-state index < -0.39 is 0 Å². The van der Waals surface area contributed by atoms with Crippen molar-refractivity contribution in [2.24, 2.45) is 11.3 Å². The number of rotatable bonds is 2. The molecule has 1 aromatic carbocycles. The number of carbonyl (C=O) groups excluding carboxylic acids is 2. The Morgan fingerprint density at radius 3 is 2.50 bits per heavy atom. The van der Waals surface area contributed by atoms with Gasteiger partial charge in [0.15, 0.2) is 0 Å². The van der Waals surface area contributed by atoms with Crippen LogP contribution < -0.4 is 5.32 Å². The van der Waals surface area contributed by atoms with E-state index in [0.29, 0.717) is 6.42 Å². The van der Waals surface area contributed by atoms with Gasteiger partial charge < -0.3 is 0 Å². The third-order valence-corrected chi connectivity index (χ3v) is 4.46. The predicted octanol–water partition coefficient (Wildman–Crippen LogP) is 2.06. The van der Waals surface area contributed by atoms with Gasteiger partial charge in [0.1, 0.15) is 0 Å². The highest BCUT2D eigenvalue weighted by Crippen LogP contribution is 2.52. The van der Waals surface area contributed by atoms with Crippen molar-refractivity contribution in [1.82, 2.24) is 5.32 Å². The van der Waals surface area contributed by atoms with Crippen molar-refractivity contribution in [2.75, 3.05) is 0 Å². The second kappa shape index (κ2) is 4.23. The smallest absolute Gasteiger partial charge is 0.230 e. The summed E-state index contributed by atoms with van der Waals surface area (Å²) in [5.74, 6) is -0.204. The van der Waals surface area contributed by atoms with Gasteiger partial charge in [-0.3, -0.25) is 14.9 Å². The molecule has 0 bridgehead atoms. The number of hydrogen-bond acceptors (Lipinski definition) is 2. The minimum atomic E-state index is -0.0935. The molecule has 1 heterocycles. The largest absolute Gasteiger partial charge is 0.296 e. The molecule has 1 spiro atoms. The van der Waals surface area contributed by atoms with Gasteiger partial charge in [0.05, 0.1) is 0 Å². The lowest BCUT2D eigenvalue weighted by atomic mass is 9.56. The van der Waals surface area contributed by atoms with E-state index in [4.69, 9.17) is 0 Å². The lowest BCUT2D eigenvalue weighted by Crippen LogP contribution is -2.55. The van der Waals surface area contributed by atoms with Crippen LogP contribution in [-0.4, -0.2) is 11.8 Å². The summed E-state index contributed by atoms with van der Waals surface area (Å²) in [6, 6.07) is 10.1. The average Bonchev–Trinajstić information content (AvgIpc) is 2.31. The molecular weight excluding hydrogens is 226 g/mol. The molecule has 1 saturated heterocycles. The zero-order chi connectivity index (χ0) is 12.6. The molecular formula is C15H17NO2. The van der Waals surface area contributed by atoms with Crippen LogP contribution in [0.2, 0.25) is 0 Å². The zero-order valence-corrected chi connectivity index (χ0v) is 10.3. The molecule has 1 aromatic rings. The molecule has 0 radical (unpaired) electrons. The number of hydrogen-bond donors (Lipinski definition) is 1. The van der Waals surface area contributed by atoms with Gasteiger partial charge in [-0.25, -0.2) is 0 Å². The molecule has 2 aliphatic rings. The van der Waals surface area contributed by atoms with Crippen molar-refractivity contribution < 1.29 is 9.59 Å². The summed E-state index contributed by atoms with van der Waals surface area (Å²) >= 11 is 0. The summed E-state index contributed by atoms with van der Waals surface area (Å²) < 4.78 is 0. The topological polar surface area (TPSA) is 46.2 Å². The van der Waals surface area contributed by atoms with Gasteiger partial charge >= 0.3 is 0 Å². The average molecular weight is 243 g/mol. The molecule has 0 aromatic heterocycles. The van der Waals surface area contributed by atoms with Crippen LogP contribution in [0.15, 0.2) is 30.3 Å². The first-order valence-electron chi connectivity index (χ1n) is 6.57. The number of amides is 2. The summed E-state index contributed by atoms with van der Waals surface area (Å²) in [6.07, 6.45) is 4.45. The first-order chi connectivity index (χ1) is 8.70. The zero-order valence-electron chi connectivity index (χ0n) is 10.3. The molecule has 3 nitrogen and oxygen atoms in total. The van der Waals surface area contributed by atoms with Crippen molar-refractivity contribution in [3.8, 4) is 0 Å². The summed E-state index contributed by atoms with van der Waals surface area (Å²) in [7, 11) is 0. The molecule has 2 fully saturated rings. The summed E-state index contributed by atoms with van der Waals surface area (Å²) in [4.78, 5) is 23.6. The number of carbonyl (C=O) groups is 2. The van der Waals surface area contributed by atoms with Crippen LogP contribution in [-0.2, 0) is 16.0 Å². The fraction of sp³-hybridized carbons (Fsp3) is 0.467. The van der Waals surface area contributed by atoms with Gasteiger partial charge in [-0.05, 0) is 30.2 Å². The van der Waals surface area contributed by atoms with E-state index in [9.17, 15) is 9.59 Å². The number of imide groups is 1. The van der Waals surface area contributed by atoms with Crippen LogP contribution >= 0.6 is 0 Å². The Bertz CT molecular complexity index is 477. The number of piperidine rings is 1. The first kappa shape index (κ1) is 11.5. The number of nitrogens with one attached hydrogen (secondary N) is 1. The highest BCUT2D eigenvalue weighted by molar-refractivity contribution is 6.00. The Balaban J connectivity index is 1.84. The fourth-order valence-electron chi connectivity index (χ4n) is 3.30. The van der Waals surface area contributed by atoms with Crippen LogP contribution in [0, 0.1) is 11.3 Å². The van der Waals surface area contributed by atoms with Crippen molar-refractivity contribution in [1.29, 1.82) is 0 Å². The predicted molar refractivity (Wildman–Crippen MR) is 67.7 cm³/mol. The van der Waals surface area contributed by atoms with E-state index in [1.54, 1.807) is 0 Å². The Hall–Kier alpha value is -1.64. The molecule has 1 aliphatic heterocycles. The van der Waals surface area contributed by atoms with Crippen molar-refractivity contribution in [3.63, 3.8) is 0 Å². The molecule has 1 saturated carbocycles. The first-order valence-corrected chi connectivity index (χ1v) is 6.57. The van der Waals surface area contributed by atoms with Crippen LogP contribution in [0.5, 0.6) is 0 Å². The maximum Gasteiger partial charge on any atom is 0.230 e. The lowest BCUT2D eigenvalue weighted by Gasteiger charge is -2.49. The summed E-state index contributed by atoms with van der Waals surface area (Å²) in [5.41, 5.74) is 1.13. The SMILES string of the molecule is O=C1CC2(CCC2)C(Cc2ccccc2)C(=O)N1. The lowest BCUT2D eigenvalue weighted by molar-refractivity contribution is -0.148. The molecule has 1 atom stereocenters. The standard InChI is InChI=1S/C15H17NO2/c17-13-10-15(7-4-8-15)12(14(18)16-13)9-11-5-2-1-3-6-11/h1-3,5-6,12H,4,7-10H2,(H,16,17,18). The maximum atomic E-state index is 12.1. The Labute approximate surface area is 107 Å². The molecule has 1 N–H and O–H groups in total. The molecule has 94 valence electrons.